The SMILES string of the molecule is CCC1COC(C)CN1c1nc(C(C)C)nc(N)c1C. The highest BCUT2D eigenvalue weighted by Crippen LogP contribution is 2.28. The van der Waals surface area contributed by atoms with Crippen molar-refractivity contribution in [3.63, 3.8) is 0 Å². The van der Waals surface area contributed by atoms with Crippen LogP contribution in [-0.2, 0) is 4.74 Å². The number of rotatable bonds is 3. The molecule has 5 heteroatoms. The van der Waals surface area contributed by atoms with E-state index in [1.807, 2.05) is 6.92 Å². The fourth-order valence-electron chi connectivity index (χ4n) is 2.52. The Hall–Kier alpha value is -1.36. The fraction of sp³-hybridized carbons (Fsp3) is 0.733. The number of morpholine rings is 1. The van der Waals surface area contributed by atoms with E-state index in [1.165, 1.54) is 0 Å². The van der Waals surface area contributed by atoms with Crippen LogP contribution in [0.3, 0.4) is 0 Å². The third-order valence-corrected chi connectivity index (χ3v) is 3.90. The number of nitrogens with zero attached hydrogens (tertiary/aromatic N) is 3. The molecule has 5 nitrogen and oxygen atoms in total. The van der Waals surface area contributed by atoms with E-state index in [-0.39, 0.29) is 12.0 Å². The van der Waals surface area contributed by atoms with Crippen LogP contribution in [0.4, 0.5) is 11.6 Å². The number of ether oxygens (including phenoxy) is 1. The van der Waals surface area contributed by atoms with Gasteiger partial charge in [0.2, 0.25) is 0 Å². The van der Waals surface area contributed by atoms with Crippen molar-refractivity contribution in [1.82, 2.24) is 9.97 Å². The Morgan fingerprint density at radius 3 is 2.70 bits per heavy atom. The van der Waals surface area contributed by atoms with Crippen LogP contribution in [-0.4, -0.2) is 35.3 Å². The average molecular weight is 278 g/mol. The minimum absolute atomic E-state index is 0.218. The highest BCUT2D eigenvalue weighted by Gasteiger charge is 2.28. The van der Waals surface area contributed by atoms with Gasteiger partial charge >= 0.3 is 0 Å². The van der Waals surface area contributed by atoms with Gasteiger partial charge in [-0.25, -0.2) is 9.97 Å². The molecule has 2 N–H and O–H groups in total. The number of nitrogens with two attached hydrogens (primary N) is 1. The molecule has 1 aromatic heterocycles. The predicted molar refractivity (Wildman–Crippen MR) is 82.1 cm³/mol. The first kappa shape index (κ1) is 15.0. The van der Waals surface area contributed by atoms with Crippen molar-refractivity contribution in [2.24, 2.45) is 0 Å². The molecule has 2 atom stereocenters. The van der Waals surface area contributed by atoms with Crippen molar-refractivity contribution in [3.05, 3.63) is 11.4 Å². The highest BCUT2D eigenvalue weighted by atomic mass is 16.5. The van der Waals surface area contributed by atoms with Gasteiger partial charge in [0.15, 0.2) is 0 Å². The Labute approximate surface area is 121 Å². The van der Waals surface area contributed by atoms with E-state index in [9.17, 15) is 0 Å². The summed E-state index contributed by atoms with van der Waals surface area (Å²) in [7, 11) is 0. The van der Waals surface area contributed by atoms with Crippen molar-refractivity contribution >= 4 is 11.6 Å². The smallest absolute Gasteiger partial charge is 0.137 e. The van der Waals surface area contributed by atoms with Crippen molar-refractivity contribution < 1.29 is 4.74 Å². The number of nitrogen functional groups attached to an aromatic ring is 1. The van der Waals surface area contributed by atoms with Gasteiger partial charge in [0.25, 0.3) is 0 Å². The molecule has 1 aromatic rings. The summed E-state index contributed by atoms with van der Waals surface area (Å²) in [5.74, 6) is 2.66. The summed E-state index contributed by atoms with van der Waals surface area (Å²) in [5, 5.41) is 0. The minimum Gasteiger partial charge on any atom is -0.383 e. The molecular weight excluding hydrogens is 252 g/mol. The molecule has 1 aliphatic heterocycles. The van der Waals surface area contributed by atoms with E-state index in [1.54, 1.807) is 0 Å². The number of hydrogen-bond acceptors (Lipinski definition) is 5. The lowest BCUT2D eigenvalue weighted by Crippen LogP contribution is -2.49. The maximum absolute atomic E-state index is 6.08. The molecule has 20 heavy (non-hydrogen) atoms. The maximum atomic E-state index is 6.08. The molecule has 0 aliphatic carbocycles. The lowest BCUT2D eigenvalue weighted by atomic mass is 10.1. The topological polar surface area (TPSA) is 64.3 Å². The van der Waals surface area contributed by atoms with Gasteiger partial charge < -0.3 is 15.4 Å². The molecule has 0 aromatic carbocycles. The minimum atomic E-state index is 0.218. The van der Waals surface area contributed by atoms with Gasteiger partial charge in [0.05, 0.1) is 18.8 Å². The van der Waals surface area contributed by atoms with Crippen molar-refractivity contribution in [3.8, 4) is 0 Å². The van der Waals surface area contributed by atoms with E-state index in [0.29, 0.717) is 11.9 Å². The molecular formula is C15H26N4O. The summed E-state index contributed by atoms with van der Waals surface area (Å²) in [4.78, 5) is 11.5. The van der Waals surface area contributed by atoms with E-state index >= 15 is 0 Å². The Morgan fingerprint density at radius 1 is 1.40 bits per heavy atom. The molecule has 0 bridgehead atoms. The zero-order chi connectivity index (χ0) is 14.9. The third-order valence-electron chi connectivity index (χ3n) is 3.90. The second-order valence-electron chi connectivity index (χ2n) is 5.93. The van der Waals surface area contributed by atoms with Gasteiger partial charge in [0, 0.05) is 18.0 Å². The molecule has 1 fully saturated rings. The van der Waals surface area contributed by atoms with Gasteiger partial charge in [-0.15, -0.1) is 0 Å². The molecule has 2 unspecified atom stereocenters. The van der Waals surface area contributed by atoms with Crippen LogP contribution < -0.4 is 10.6 Å². The Bertz CT molecular complexity index is 475. The summed E-state index contributed by atoms with van der Waals surface area (Å²) in [6.45, 7) is 12.1. The van der Waals surface area contributed by atoms with Crippen LogP contribution in [0, 0.1) is 6.92 Å². The lowest BCUT2D eigenvalue weighted by Gasteiger charge is -2.40. The number of aromatic nitrogens is 2. The van der Waals surface area contributed by atoms with Gasteiger partial charge in [-0.05, 0) is 20.3 Å². The Morgan fingerprint density at radius 2 is 2.10 bits per heavy atom. The van der Waals surface area contributed by atoms with E-state index in [0.717, 1.165) is 36.8 Å². The quantitative estimate of drug-likeness (QED) is 0.920. The second-order valence-corrected chi connectivity index (χ2v) is 5.93. The van der Waals surface area contributed by atoms with Crippen LogP contribution in [0.1, 0.15) is 51.4 Å². The second kappa shape index (κ2) is 5.95. The molecule has 0 amide bonds. The Balaban J connectivity index is 2.43. The zero-order valence-corrected chi connectivity index (χ0v) is 13.2. The molecule has 0 radical (unpaired) electrons. The van der Waals surface area contributed by atoms with E-state index in [2.05, 4.69) is 37.6 Å². The van der Waals surface area contributed by atoms with Crippen molar-refractivity contribution in [1.29, 1.82) is 0 Å². The van der Waals surface area contributed by atoms with Crippen LogP contribution >= 0.6 is 0 Å². The van der Waals surface area contributed by atoms with Gasteiger partial charge in [0.1, 0.15) is 17.5 Å². The van der Waals surface area contributed by atoms with Crippen LogP contribution in [0.25, 0.3) is 0 Å². The number of anilines is 2. The fourth-order valence-corrected chi connectivity index (χ4v) is 2.52. The van der Waals surface area contributed by atoms with Crippen LogP contribution in [0.5, 0.6) is 0 Å². The summed E-state index contributed by atoms with van der Waals surface area (Å²) in [5.41, 5.74) is 7.05. The highest BCUT2D eigenvalue weighted by molar-refractivity contribution is 5.57. The first-order chi connectivity index (χ1) is 9.43. The Kier molecular flexibility index (Phi) is 4.48. The normalized spacial score (nSPS) is 23.4. The molecule has 0 spiro atoms. The van der Waals surface area contributed by atoms with E-state index < -0.39 is 0 Å². The average Bonchev–Trinajstić information content (AvgIpc) is 2.41. The molecule has 112 valence electrons. The molecule has 2 rings (SSSR count). The molecule has 1 saturated heterocycles. The summed E-state index contributed by atoms with van der Waals surface area (Å²) in [6.07, 6.45) is 1.25. The standard InChI is InChI=1S/C15H26N4O/c1-6-12-8-20-10(4)7-19(12)15-11(5)13(16)17-14(18-15)9(2)3/h9-10,12H,6-8H2,1-5H3,(H2,16,17,18). The first-order valence-corrected chi connectivity index (χ1v) is 7.46. The lowest BCUT2D eigenvalue weighted by molar-refractivity contribution is 0.0295. The van der Waals surface area contributed by atoms with Crippen LogP contribution in [0.15, 0.2) is 0 Å². The maximum Gasteiger partial charge on any atom is 0.137 e. The predicted octanol–water partition coefficient (Wildman–Crippen LogP) is 2.49. The first-order valence-electron chi connectivity index (χ1n) is 7.46. The summed E-state index contributed by atoms with van der Waals surface area (Å²) >= 11 is 0. The van der Waals surface area contributed by atoms with Crippen molar-refractivity contribution in [2.75, 3.05) is 23.8 Å². The summed E-state index contributed by atoms with van der Waals surface area (Å²) < 4.78 is 5.76. The zero-order valence-electron chi connectivity index (χ0n) is 13.2. The summed E-state index contributed by atoms with van der Waals surface area (Å²) in [6, 6.07) is 0.360. The molecule has 1 aliphatic rings. The van der Waals surface area contributed by atoms with Gasteiger partial charge in [-0.1, -0.05) is 20.8 Å². The monoisotopic (exact) mass is 278 g/mol. The van der Waals surface area contributed by atoms with Gasteiger partial charge in [-0.2, -0.15) is 0 Å². The number of hydrogen-bond donors (Lipinski definition) is 1. The third kappa shape index (κ3) is 2.87. The van der Waals surface area contributed by atoms with Crippen molar-refractivity contribution in [2.45, 2.75) is 59.1 Å². The van der Waals surface area contributed by atoms with E-state index in [4.69, 9.17) is 15.5 Å². The largest absolute Gasteiger partial charge is 0.383 e. The van der Waals surface area contributed by atoms with Crippen LogP contribution in [0.2, 0.25) is 0 Å². The molecule has 2 heterocycles. The van der Waals surface area contributed by atoms with Gasteiger partial charge in [-0.3, -0.25) is 0 Å². The molecule has 0 saturated carbocycles.